The van der Waals surface area contributed by atoms with Gasteiger partial charge < -0.3 is 19.1 Å². The van der Waals surface area contributed by atoms with Crippen LogP contribution >= 0.6 is 11.6 Å². The van der Waals surface area contributed by atoms with Gasteiger partial charge in [0.15, 0.2) is 0 Å². The maximum Gasteiger partial charge on any atom is 0.262 e. The lowest BCUT2D eigenvalue weighted by Gasteiger charge is -2.31. The fourth-order valence-electron chi connectivity index (χ4n) is 5.26. The molecule has 43 heavy (non-hydrogen) atoms. The van der Waals surface area contributed by atoms with E-state index in [1.54, 1.807) is 62.8 Å². The first-order valence-electron chi connectivity index (χ1n) is 14.1. The van der Waals surface area contributed by atoms with E-state index in [1.165, 1.54) is 22.0 Å². The molecule has 3 aromatic carbocycles. The van der Waals surface area contributed by atoms with E-state index in [0.717, 1.165) is 18.7 Å². The van der Waals surface area contributed by atoms with E-state index < -0.39 is 6.04 Å². The van der Waals surface area contributed by atoms with Crippen molar-refractivity contribution in [3.63, 3.8) is 0 Å². The summed E-state index contributed by atoms with van der Waals surface area (Å²) in [5, 5.41) is 6.46. The molecule has 0 N–H and O–H groups in total. The summed E-state index contributed by atoms with van der Waals surface area (Å²) in [5.74, 6) is 0.0738. The zero-order valence-electron chi connectivity index (χ0n) is 24.2. The van der Waals surface area contributed by atoms with Crippen molar-refractivity contribution >= 4 is 29.1 Å². The lowest BCUT2D eigenvalue weighted by Crippen LogP contribution is -2.46. The van der Waals surface area contributed by atoms with E-state index in [-0.39, 0.29) is 24.2 Å². The summed E-state index contributed by atoms with van der Waals surface area (Å²) in [5.41, 5.74) is 2.38. The molecule has 2 heterocycles. The predicted molar refractivity (Wildman–Crippen MR) is 161 cm³/mol. The molecule has 0 spiro atoms. The quantitative estimate of drug-likeness (QED) is 0.333. The molecule has 1 saturated heterocycles. The Labute approximate surface area is 255 Å². The Balaban J connectivity index is 1.45. The second-order valence-corrected chi connectivity index (χ2v) is 10.7. The molecule has 1 fully saturated rings. The fourth-order valence-corrected chi connectivity index (χ4v) is 5.48. The molecule has 3 aromatic rings. The predicted octanol–water partition coefficient (Wildman–Crippen LogP) is 4.65. The minimum Gasteiger partial charge on any atom is -0.497 e. The van der Waals surface area contributed by atoms with Crippen LogP contribution in [0.1, 0.15) is 33.9 Å². The SMILES string of the molecule is COc1ccc(C2=NN(C(=O)CN(CCN3CCOCC3)C(=O)c3ccccc3Cl)C(c3ccc(F)cc3)C2)c(OC)c1. The van der Waals surface area contributed by atoms with Crippen LogP contribution in [0.15, 0.2) is 71.8 Å². The first kappa shape index (κ1) is 30.5. The normalized spacial score (nSPS) is 17.0. The number of rotatable bonds is 10. The van der Waals surface area contributed by atoms with Crippen LogP contribution in [0.3, 0.4) is 0 Å². The third-order valence-corrected chi connectivity index (χ3v) is 7.98. The number of hydrogen-bond donors (Lipinski definition) is 0. The molecule has 226 valence electrons. The molecule has 0 aliphatic carbocycles. The van der Waals surface area contributed by atoms with E-state index in [9.17, 15) is 14.0 Å². The number of amides is 2. The van der Waals surface area contributed by atoms with Crippen molar-refractivity contribution in [1.82, 2.24) is 14.8 Å². The zero-order valence-corrected chi connectivity index (χ0v) is 24.9. The van der Waals surface area contributed by atoms with Gasteiger partial charge in [-0.15, -0.1) is 0 Å². The second kappa shape index (κ2) is 14.0. The third-order valence-electron chi connectivity index (χ3n) is 7.65. The first-order chi connectivity index (χ1) is 20.9. The van der Waals surface area contributed by atoms with Crippen LogP contribution in [-0.2, 0) is 9.53 Å². The van der Waals surface area contributed by atoms with Crippen molar-refractivity contribution < 1.29 is 28.2 Å². The van der Waals surface area contributed by atoms with Gasteiger partial charge in [0.1, 0.15) is 23.9 Å². The van der Waals surface area contributed by atoms with Gasteiger partial charge in [-0.3, -0.25) is 14.5 Å². The Bertz CT molecular complexity index is 1480. The van der Waals surface area contributed by atoms with Crippen molar-refractivity contribution in [3.8, 4) is 11.5 Å². The Morgan fingerprint density at radius 2 is 1.79 bits per heavy atom. The molecular weight excluding hydrogens is 575 g/mol. The van der Waals surface area contributed by atoms with Crippen molar-refractivity contribution in [2.24, 2.45) is 5.10 Å². The number of morpholine rings is 1. The Morgan fingerprint density at radius 1 is 1.05 bits per heavy atom. The lowest BCUT2D eigenvalue weighted by molar-refractivity contribution is -0.133. The van der Waals surface area contributed by atoms with Gasteiger partial charge in [0, 0.05) is 44.2 Å². The highest BCUT2D eigenvalue weighted by atomic mass is 35.5. The summed E-state index contributed by atoms with van der Waals surface area (Å²) in [6.45, 7) is 3.41. The molecular formula is C32H34ClFN4O5. The van der Waals surface area contributed by atoms with Crippen molar-refractivity contribution in [1.29, 1.82) is 0 Å². The molecule has 0 saturated carbocycles. The van der Waals surface area contributed by atoms with E-state index in [1.807, 2.05) is 6.07 Å². The topological polar surface area (TPSA) is 83.9 Å². The third kappa shape index (κ3) is 7.15. The summed E-state index contributed by atoms with van der Waals surface area (Å²) in [6, 6.07) is 17.7. The number of carbonyl (C=O) groups is 2. The lowest BCUT2D eigenvalue weighted by atomic mass is 9.97. The number of hydrazone groups is 1. The largest absolute Gasteiger partial charge is 0.497 e. The van der Waals surface area contributed by atoms with Crippen LogP contribution in [-0.4, -0.2) is 92.5 Å². The molecule has 0 aromatic heterocycles. The summed E-state index contributed by atoms with van der Waals surface area (Å²) in [7, 11) is 3.13. The van der Waals surface area contributed by atoms with Gasteiger partial charge >= 0.3 is 0 Å². The van der Waals surface area contributed by atoms with Gasteiger partial charge in [0.05, 0.1) is 49.8 Å². The number of halogens is 2. The van der Waals surface area contributed by atoms with Gasteiger partial charge in [-0.1, -0.05) is 35.9 Å². The maximum absolute atomic E-state index is 14.0. The zero-order chi connectivity index (χ0) is 30.3. The van der Waals surface area contributed by atoms with Crippen molar-refractivity contribution in [3.05, 3.63) is 94.3 Å². The molecule has 2 aliphatic heterocycles. The fraction of sp³-hybridized carbons (Fsp3) is 0.344. The molecule has 2 amide bonds. The van der Waals surface area contributed by atoms with Crippen LogP contribution < -0.4 is 9.47 Å². The number of nitrogens with zero attached hydrogens (tertiary/aromatic N) is 4. The molecule has 1 atom stereocenters. The van der Waals surface area contributed by atoms with Gasteiger partial charge in [-0.05, 0) is 42.0 Å². The molecule has 5 rings (SSSR count). The second-order valence-electron chi connectivity index (χ2n) is 10.3. The highest BCUT2D eigenvalue weighted by Crippen LogP contribution is 2.36. The van der Waals surface area contributed by atoms with E-state index in [4.69, 9.17) is 30.9 Å². The Morgan fingerprint density at radius 3 is 2.49 bits per heavy atom. The maximum atomic E-state index is 14.0. The molecule has 1 unspecified atom stereocenters. The van der Waals surface area contributed by atoms with Gasteiger partial charge in [0.2, 0.25) is 0 Å². The van der Waals surface area contributed by atoms with Gasteiger partial charge in [-0.25, -0.2) is 9.40 Å². The smallest absolute Gasteiger partial charge is 0.262 e. The summed E-state index contributed by atoms with van der Waals surface area (Å²) < 4.78 is 30.2. The molecule has 0 bridgehead atoms. The van der Waals surface area contributed by atoms with Crippen molar-refractivity contribution in [2.75, 3.05) is 60.2 Å². The highest BCUT2D eigenvalue weighted by molar-refractivity contribution is 6.33. The number of carbonyl (C=O) groups excluding carboxylic acids is 2. The van der Waals surface area contributed by atoms with E-state index in [2.05, 4.69) is 4.90 Å². The minimum absolute atomic E-state index is 0.220. The van der Waals surface area contributed by atoms with Crippen LogP contribution in [0.2, 0.25) is 5.02 Å². The number of benzene rings is 3. The van der Waals surface area contributed by atoms with E-state index >= 15 is 0 Å². The molecule has 9 nitrogen and oxygen atoms in total. The summed E-state index contributed by atoms with van der Waals surface area (Å²) in [6.07, 6.45) is 0.367. The Kier molecular flexibility index (Phi) is 9.91. The van der Waals surface area contributed by atoms with Gasteiger partial charge in [0.25, 0.3) is 11.8 Å². The number of ether oxygens (including phenoxy) is 3. The minimum atomic E-state index is -0.508. The van der Waals surface area contributed by atoms with E-state index in [0.29, 0.717) is 66.1 Å². The number of methoxy groups -OCH3 is 2. The first-order valence-corrected chi connectivity index (χ1v) is 14.5. The average molecular weight is 609 g/mol. The Hall–Kier alpha value is -3.99. The number of hydrogen-bond acceptors (Lipinski definition) is 7. The monoisotopic (exact) mass is 608 g/mol. The van der Waals surface area contributed by atoms with Crippen LogP contribution in [0.4, 0.5) is 4.39 Å². The molecule has 0 radical (unpaired) electrons. The summed E-state index contributed by atoms with van der Waals surface area (Å²) >= 11 is 6.39. The van der Waals surface area contributed by atoms with Gasteiger partial charge in [-0.2, -0.15) is 5.10 Å². The van der Waals surface area contributed by atoms with Crippen LogP contribution in [0.25, 0.3) is 0 Å². The van der Waals surface area contributed by atoms with Crippen LogP contribution in [0, 0.1) is 5.82 Å². The van der Waals surface area contributed by atoms with Crippen molar-refractivity contribution in [2.45, 2.75) is 12.5 Å². The summed E-state index contributed by atoms with van der Waals surface area (Å²) in [4.78, 5) is 31.5. The highest BCUT2D eigenvalue weighted by Gasteiger charge is 2.35. The molecule has 11 heteroatoms. The average Bonchev–Trinajstić information content (AvgIpc) is 3.49. The standard InChI is InChI=1S/C32H34ClFN4O5/c1-41-24-11-12-26(30(19-24)42-2)28-20-29(22-7-9-23(34)10-8-22)38(35-28)31(39)21-37(14-13-36-15-17-43-18-16-36)32(40)25-5-3-4-6-27(25)33/h3-12,19,29H,13-18,20-21H2,1-2H3. The van der Waals surface area contributed by atoms with Crippen LogP contribution in [0.5, 0.6) is 11.5 Å². The molecule has 2 aliphatic rings.